The van der Waals surface area contributed by atoms with Gasteiger partial charge >= 0.3 is 0 Å². The first-order valence-corrected chi connectivity index (χ1v) is 7.94. The lowest BCUT2D eigenvalue weighted by atomic mass is 10.2. The van der Waals surface area contributed by atoms with Gasteiger partial charge in [0.25, 0.3) is 5.91 Å². The smallest absolute Gasteiger partial charge is 0.271 e. The van der Waals surface area contributed by atoms with Gasteiger partial charge in [-0.05, 0) is 62.1 Å². The molecular formula is C18H21N3O2. The van der Waals surface area contributed by atoms with Crippen LogP contribution in [0.2, 0.25) is 0 Å². The Labute approximate surface area is 136 Å². The number of hydrazone groups is 1. The Morgan fingerprint density at radius 3 is 2.65 bits per heavy atom. The average Bonchev–Trinajstić information content (AvgIpc) is 3.20. The van der Waals surface area contributed by atoms with Gasteiger partial charge in [0.05, 0.1) is 18.0 Å². The maximum absolute atomic E-state index is 12.0. The number of hydrogen-bond donors (Lipinski definition) is 1. The molecule has 1 fully saturated rings. The van der Waals surface area contributed by atoms with Gasteiger partial charge in [0.2, 0.25) is 0 Å². The van der Waals surface area contributed by atoms with E-state index in [0.29, 0.717) is 11.7 Å². The number of amides is 1. The van der Waals surface area contributed by atoms with Gasteiger partial charge in [-0.1, -0.05) is 0 Å². The van der Waals surface area contributed by atoms with E-state index in [9.17, 15) is 4.79 Å². The third-order valence-electron chi connectivity index (χ3n) is 4.07. The molecular weight excluding hydrogens is 290 g/mol. The van der Waals surface area contributed by atoms with Crippen LogP contribution < -0.4 is 10.2 Å². The summed E-state index contributed by atoms with van der Waals surface area (Å²) in [6.07, 6.45) is 8.59. The van der Waals surface area contributed by atoms with Crippen LogP contribution in [0.5, 0.6) is 5.75 Å². The summed E-state index contributed by atoms with van der Waals surface area (Å²) in [6, 6.07) is 11.1. The van der Waals surface area contributed by atoms with E-state index in [4.69, 9.17) is 4.74 Å². The number of nitrogens with one attached hydrogen (secondary N) is 1. The fourth-order valence-electron chi connectivity index (χ4n) is 2.71. The van der Waals surface area contributed by atoms with Crippen LogP contribution in [0.1, 0.15) is 41.7 Å². The number of ether oxygens (including phenoxy) is 1. The van der Waals surface area contributed by atoms with Crippen molar-refractivity contribution in [2.24, 2.45) is 12.1 Å². The highest BCUT2D eigenvalue weighted by atomic mass is 16.5. The zero-order valence-electron chi connectivity index (χ0n) is 13.2. The van der Waals surface area contributed by atoms with Crippen molar-refractivity contribution < 1.29 is 9.53 Å². The maximum Gasteiger partial charge on any atom is 0.271 e. The van der Waals surface area contributed by atoms with E-state index in [1.807, 2.05) is 42.1 Å². The monoisotopic (exact) mass is 311 g/mol. The minimum absolute atomic E-state index is 0.233. The Morgan fingerprint density at radius 2 is 2.00 bits per heavy atom. The summed E-state index contributed by atoms with van der Waals surface area (Å²) in [5, 5.41) is 3.98. The number of aryl methyl sites for hydroxylation is 1. The summed E-state index contributed by atoms with van der Waals surface area (Å²) >= 11 is 0. The maximum atomic E-state index is 12.0. The van der Waals surface area contributed by atoms with Crippen LogP contribution in [-0.4, -0.2) is 22.8 Å². The first-order valence-electron chi connectivity index (χ1n) is 7.94. The zero-order chi connectivity index (χ0) is 16.1. The van der Waals surface area contributed by atoms with Gasteiger partial charge in [0, 0.05) is 18.8 Å². The van der Waals surface area contributed by atoms with E-state index in [-0.39, 0.29) is 5.91 Å². The normalized spacial score (nSPS) is 15.2. The van der Waals surface area contributed by atoms with Crippen LogP contribution in [0.4, 0.5) is 0 Å². The predicted molar refractivity (Wildman–Crippen MR) is 89.8 cm³/mol. The van der Waals surface area contributed by atoms with Gasteiger partial charge in [0.15, 0.2) is 0 Å². The standard InChI is InChI=1S/C18H21N3O2/c1-21-12-4-5-15(21)13-19-20-18(22)14-8-10-17(11-9-14)23-16-6-2-3-7-16/h4-5,8-13,16H,2-3,6-7H2,1H3,(H,20,22)/b19-13+. The molecule has 1 amide bonds. The molecule has 5 nitrogen and oxygen atoms in total. The van der Waals surface area contributed by atoms with Crippen molar-refractivity contribution >= 4 is 12.1 Å². The van der Waals surface area contributed by atoms with E-state index < -0.39 is 0 Å². The SMILES string of the molecule is Cn1cccc1/C=N/NC(=O)c1ccc(OC2CCCC2)cc1. The Morgan fingerprint density at radius 1 is 1.26 bits per heavy atom. The van der Waals surface area contributed by atoms with Gasteiger partial charge in [-0.3, -0.25) is 4.79 Å². The molecule has 1 heterocycles. The lowest BCUT2D eigenvalue weighted by molar-refractivity contribution is 0.0955. The first-order chi connectivity index (χ1) is 11.2. The topological polar surface area (TPSA) is 55.6 Å². The van der Waals surface area contributed by atoms with E-state index in [1.165, 1.54) is 12.8 Å². The molecule has 2 aromatic rings. The minimum atomic E-state index is -0.233. The summed E-state index contributed by atoms with van der Waals surface area (Å²) in [7, 11) is 1.92. The second-order valence-corrected chi connectivity index (χ2v) is 5.79. The molecule has 0 unspecified atom stereocenters. The molecule has 120 valence electrons. The number of carbonyl (C=O) groups is 1. The van der Waals surface area contributed by atoms with Crippen molar-refractivity contribution in [1.29, 1.82) is 0 Å². The van der Waals surface area contributed by atoms with Gasteiger partial charge in [-0.15, -0.1) is 0 Å². The van der Waals surface area contributed by atoms with Crippen LogP contribution >= 0.6 is 0 Å². The highest BCUT2D eigenvalue weighted by Crippen LogP contribution is 2.24. The Hall–Kier alpha value is -2.56. The van der Waals surface area contributed by atoms with Crippen LogP contribution in [0, 0.1) is 0 Å². The summed E-state index contributed by atoms with van der Waals surface area (Å²) in [5.74, 6) is 0.587. The molecule has 0 saturated heterocycles. The molecule has 3 rings (SSSR count). The minimum Gasteiger partial charge on any atom is -0.490 e. The fraction of sp³-hybridized carbons (Fsp3) is 0.333. The molecule has 5 heteroatoms. The zero-order valence-corrected chi connectivity index (χ0v) is 13.2. The molecule has 0 aliphatic heterocycles. The van der Waals surface area contributed by atoms with E-state index >= 15 is 0 Å². The molecule has 1 aliphatic carbocycles. The lowest BCUT2D eigenvalue weighted by Crippen LogP contribution is -2.18. The largest absolute Gasteiger partial charge is 0.490 e. The highest BCUT2D eigenvalue weighted by molar-refractivity contribution is 5.94. The molecule has 0 radical (unpaired) electrons. The van der Waals surface area contributed by atoms with Crippen molar-refractivity contribution in [1.82, 2.24) is 9.99 Å². The van der Waals surface area contributed by atoms with Crippen molar-refractivity contribution in [2.45, 2.75) is 31.8 Å². The summed E-state index contributed by atoms with van der Waals surface area (Å²) in [5.41, 5.74) is 4.02. The number of carbonyl (C=O) groups excluding carboxylic acids is 1. The third kappa shape index (κ3) is 4.00. The van der Waals surface area contributed by atoms with Crippen LogP contribution in [0.3, 0.4) is 0 Å². The third-order valence-corrected chi connectivity index (χ3v) is 4.07. The van der Waals surface area contributed by atoms with Crippen molar-refractivity contribution in [2.75, 3.05) is 0 Å². The molecule has 1 saturated carbocycles. The molecule has 1 aliphatic rings. The van der Waals surface area contributed by atoms with Gasteiger partial charge < -0.3 is 9.30 Å². The van der Waals surface area contributed by atoms with Crippen LogP contribution in [-0.2, 0) is 7.05 Å². The number of benzene rings is 1. The molecule has 0 bridgehead atoms. The van der Waals surface area contributed by atoms with Crippen LogP contribution in [0.25, 0.3) is 0 Å². The van der Waals surface area contributed by atoms with Crippen molar-refractivity contribution in [3.8, 4) is 5.75 Å². The molecule has 23 heavy (non-hydrogen) atoms. The van der Waals surface area contributed by atoms with Gasteiger partial charge in [-0.25, -0.2) is 5.43 Å². The molecule has 1 aromatic carbocycles. The van der Waals surface area contributed by atoms with E-state index in [1.54, 1.807) is 18.3 Å². The molecule has 0 atom stereocenters. The predicted octanol–water partition coefficient (Wildman–Crippen LogP) is 3.11. The summed E-state index contributed by atoms with van der Waals surface area (Å²) in [4.78, 5) is 12.0. The summed E-state index contributed by atoms with van der Waals surface area (Å²) < 4.78 is 7.81. The Bertz CT molecular complexity index is 683. The second-order valence-electron chi connectivity index (χ2n) is 5.79. The van der Waals surface area contributed by atoms with Gasteiger partial charge in [-0.2, -0.15) is 5.10 Å². The lowest BCUT2D eigenvalue weighted by Gasteiger charge is -2.12. The Balaban J connectivity index is 1.55. The number of rotatable bonds is 5. The Kier molecular flexibility index (Phi) is 4.76. The quantitative estimate of drug-likeness (QED) is 0.681. The first kappa shape index (κ1) is 15.3. The number of hydrogen-bond acceptors (Lipinski definition) is 3. The van der Waals surface area contributed by atoms with E-state index in [0.717, 1.165) is 24.3 Å². The van der Waals surface area contributed by atoms with Gasteiger partial charge in [0.1, 0.15) is 5.75 Å². The number of aromatic nitrogens is 1. The number of nitrogens with zero attached hydrogens (tertiary/aromatic N) is 2. The van der Waals surface area contributed by atoms with E-state index in [2.05, 4.69) is 10.5 Å². The fourth-order valence-corrected chi connectivity index (χ4v) is 2.71. The van der Waals surface area contributed by atoms with Crippen molar-refractivity contribution in [3.63, 3.8) is 0 Å². The molecule has 0 spiro atoms. The average molecular weight is 311 g/mol. The second kappa shape index (κ2) is 7.13. The molecule has 1 aromatic heterocycles. The van der Waals surface area contributed by atoms with Crippen LogP contribution in [0.15, 0.2) is 47.7 Å². The highest BCUT2D eigenvalue weighted by Gasteiger charge is 2.16. The van der Waals surface area contributed by atoms with Crippen molar-refractivity contribution in [3.05, 3.63) is 53.9 Å². The molecule has 1 N–H and O–H groups in total. The summed E-state index contributed by atoms with van der Waals surface area (Å²) in [6.45, 7) is 0.